The van der Waals surface area contributed by atoms with Gasteiger partial charge in [0.05, 0.1) is 0 Å². The molecule has 0 spiro atoms. The highest BCUT2D eigenvalue weighted by Crippen LogP contribution is 2.43. The zero-order valence-electron chi connectivity index (χ0n) is 29.8. The predicted octanol–water partition coefficient (Wildman–Crippen LogP) is 15.1. The number of hydrogen-bond donors (Lipinski definition) is 0. The summed E-state index contributed by atoms with van der Waals surface area (Å²) in [4.78, 5) is 2.32. The van der Waals surface area contributed by atoms with Crippen LogP contribution in [-0.2, 0) is 0 Å². The zero-order chi connectivity index (χ0) is 36.3. The van der Waals surface area contributed by atoms with Crippen LogP contribution in [0.3, 0.4) is 0 Å². The van der Waals surface area contributed by atoms with Gasteiger partial charge in [-0.05, 0) is 93.2 Å². The Kier molecular flexibility index (Phi) is 7.17. The van der Waals surface area contributed by atoms with Crippen molar-refractivity contribution in [2.45, 2.75) is 0 Å². The van der Waals surface area contributed by atoms with E-state index in [0.717, 1.165) is 83.2 Å². The quantitative estimate of drug-likeness (QED) is 0.173. The van der Waals surface area contributed by atoms with Crippen LogP contribution in [-0.4, -0.2) is 0 Å². The molecule has 0 bridgehead atoms. The Balaban J connectivity index is 1.01. The molecule has 2 heterocycles. The van der Waals surface area contributed by atoms with E-state index in [1.54, 1.807) is 0 Å². The average molecular weight is 704 g/mol. The van der Waals surface area contributed by atoms with Gasteiger partial charge in [0.25, 0.3) is 0 Å². The Morgan fingerprint density at radius 2 is 0.782 bits per heavy atom. The van der Waals surface area contributed by atoms with Gasteiger partial charge in [-0.2, -0.15) is 0 Å². The van der Waals surface area contributed by atoms with Gasteiger partial charge in [-0.3, -0.25) is 0 Å². The van der Waals surface area contributed by atoms with Crippen LogP contribution >= 0.6 is 0 Å². The fourth-order valence-electron chi connectivity index (χ4n) is 8.26. The number of anilines is 3. The van der Waals surface area contributed by atoms with Gasteiger partial charge in [0, 0.05) is 44.2 Å². The molecule has 0 saturated carbocycles. The maximum Gasteiger partial charge on any atom is 0.143 e. The lowest BCUT2D eigenvalue weighted by Crippen LogP contribution is -2.09. The molecule has 55 heavy (non-hydrogen) atoms. The van der Waals surface area contributed by atoms with E-state index >= 15 is 0 Å². The summed E-state index contributed by atoms with van der Waals surface area (Å²) < 4.78 is 12.8. The predicted molar refractivity (Wildman–Crippen MR) is 229 cm³/mol. The van der Waals surface area contributed by atoms with E-state index in [4.69, 9.17) is 8.83 Å². The maximum absolute atomic E-state index is 6.41. The van der Waals surface area contributed by atoms with Gasteiger partial charge in [0.1, 0.15) is 22.3 Å². The Morgan fingerprint density at radius 1 is 0.291 bits per heavy atom. The second-order valence-corrected chi connectivity index (χ2v) is 14.1. The molecule has 0 amide bonds. The number of fused-ring (bicyclic) bond motifs is 8. The summed E-state index contributed by atoms with van der Waals surface area (Å²) in [7, 11) is 0. The van der Waals surface area contributed by atoms with Gasteiger partial charge in [-0.25, -0.2) is 0 Å². The van der Waals surface area contributed by atoms with E-state index in [-0.39, 0.29) is 0 Å². The van der Waals surface area contributed by atoms with Crippen LogP contribution in [0.2, 0.25) is 0 Å². The number of rotatable bonds is 6. The highest BCUT2D eigenvalue weighted by atomic mass is 16.3. The van der Waals surface area contributed by atoms with Crippen molar-refractivity contribution in [3.05, 3.63) is 200 Å². The van der Waals surface area contributed by atoms with Crippen LogP contribution < -0.4 is 4.90 Å². The third kappa shape index (κ3) is 5.20. The normalized spacial score (nSPS) is 11.6. The Bertz CT molecular complexity index is 3170. The highest BCUT2D eigenvalue weighted by molar-refractivity contribution is 6.22. The fourth-order valence-corrected chi connectivity index (χ4v) is 8.26. The summed E-state index contributed by atoms with van der Waals surface area (Å²) in [5, 5.41) is 6.97. The minimum atomic E-state index is 0.900. The summed E-state index contributed by atoms with van der Waals surface area (Å²) in [6, 6.07) is 70.9. The lowest BCUT2D eigenvalue weighted by Gasteiger charge is -2.26. The van der Waals surface area contributed by atoms with Gasteiger partial charge in [-0.15, -0.1) is 0 Å². The van der Waals surface area contributed by atoms with Crippen LogP contribution in [0.15, 0.2) is 209 Å². The third-order valence-electron chi connectivity index (χ3n) is 10.9. The molecule has 0 aliphatic rings. The summed E-state index contributed by atoms with van der Waals surface area (Å²) >= 11 is 0. The molecule has 0 aliphatic heterocycles. The smallest absolute Gasteiger partial charge is 0.143 e. The number of furan rings is 2. The Morgan fingerprint density at radius 3 is 1.45 bits per heavy atom. The van der Waals surface area contributed by atoms with Crippen LogP contribution in [0, 0.1) is 0 Å². The Labute approximate surface area is 317 Å². The molecule has 11 aromatic rings. The minimum absolute atomic E-state index is 0.900. The average Bonchev–Trinajstić information content (AvgIpc) is 3.83. The van der Waals surface area contributed by atoms with E-state index in [1.807, 2.05) is 24.3 Å². The minimum Gasteiger partial charge on any atom is -0.456 e. The van der Waals surface area contributed by atoms with E-state index in [9.17, 15) is 0 Å². The van der Waals surface area contributed by atoms with Crippen molar-refractivity contribution < 1.29 is 8.83 Å². The largest absolute Gasteiger partial charge is 0.456 e. The zero-order valence-corrected chi connectivity index (χ0v) is 29.8. The first-order chi connectivity index (χ1) is 27.3. The molecule has 3 nitrogen and oxygen atoms in total. The molecule has 0 aliphatic carbocycles. The van der Waals surface area contributed by atoms with Crippen LogP contribution in [0.4, 0.5) is 17.1 Å². The maximum atomic E-state index is 6.41. The second kappa shape index (κ2) is 12.6. The molecule has 3 heteroatoms. The molecule has 0 N–H and O–H groups in total. The second-order valence-electron chi connectivity index (χ2n) is 14.1. The molecule has 258 valence electrons. The van der Waals surface area contributed by atoms with E-state index in [2.05, 4.69) is 181 Å². The fraction of sp³-hybridized carbons (Fsp3) is 0. The van der Waals surface area contributed by atoms with Gasteiger partial charge < -0.3 is 13.7 Å². The molecule has 0 radical (unpaired) electrons. The highest BCUT2D eigenvalue weighted by Gasteiger charge is 2.18. The molecular weight excluding hydrogens is 671 g/mol. The first-order valence-corrected chi connectivity index (χ1v) is 18.7. The topological polar surface area (TPSA) is 29.5 Å². The van der Waals surface area contributed by atoms with E-state index < -0.39 is 0 Å². The number of hydrogen-bond acceptors (Lipinski definition) is 3. The van der Waals surface area contributed by atoms with Crippen molar-refractivity contribution in [2.24, 2.45) is 0 Å². The molecule has 2 aromatic heterocycles. The molecule has 0 fully saturated rings. The van der Waals surface area contributed by atoms with Crippen molar-refractivity contribution >= 4 is 71.7 Å². The van der Waals surface area contributed by atoms with Crippen molar-refractivity contribution in [3.63, 3.8) is 0 Å². The summed E-state index contributed by atoms with van der Waals surface area (Å²) in [6.07, 6.45) is 0. The molecule has 0 atom stereocenters. The van der Waals surface area contributed by atoms with Crippen LogP contribution in [0.1, 0.15) is 0 Å². The first-order valence-electron chi connectivity index (χ1n) is 18.7. The lowest BCUT2D eigenvalue weighted by atomic mass is 9.94. The third-order valence-corrected chi connectivity index (χ3v) is 10.9. The SMILES string of the molecule is c1ccc(-c2ccc(N(c3ccc(-c4cc5oc6ccccc6c5c5ccccc45)cc3)c3ccc(-c4cccc5c4oc4ccccc45)cc3)cc2)cc1. The van der Waals surface area contributed by atoms with Crippen LogP contribution in [0.25, 0.3) is 88.0 Å². The van der Waals surface area contributed by atoms with Gasteiger partial charge in [0.15, 0.2) is 0 Å². The van der Waals surface area contributed by atoms with Crippen molar-refractivity contribution in [1.29, 1.82) is 0 Å². The molecule has 0 unspecified atom stereocenters. The molecule has 11 rings (SSSR count). The summed E-state index contributed by atoms with van der Waals surface area (Å²) in [5.41, 5.74) is 13.7. The van der Waals surface area contributed by atoms with Crippen LogP contribution in [0.5, 0.6) is 0 Å². The number of benzene rings is 9. The molecule has 0 saturated heterocycles. The van der Waals surface area contributed by atoms with Crippen molar-refractivity contribution in [2.75, 3.05) is 4.90 Å². The van der Waals surface area contributed by atoms with Crippen molar-refractivity contribution in [3.8, 4) is 33.4 Å². The monoisotopic (exact) mass is 703 g/mol. The summed E-state index contributed by atoms with van der Waals surface area (Å²) in [5.74, 6) is 0. The molecule has 9 aromatic carbocycles. The van der Waals surface area contributed by atoms with E-state index in [0.29, 0.717) is 0 Å². The van der Waals surface area contributed by atoms with Gasteiger partial charge in [0.2, 0.25) is 0 Å². The molecular formula is C52H33NO2. The number of para-hydroxylation sites is 3. The van der Waals surface area contributed by atoms with E-state index in [1.165, 1.54) is 21.9 Å². The first kappa shape index (κ1) is 31.2. The van der Waals surface area contributed by atoms with Crippen molar-refractivity contribution in [1.82, 2.24) is 0 Å². The van der Waals surface area contributed by atoms with Gasteiger partial charge in [-0.1, -0.05) is 146 Å². The standard InChI is InChI=1S/C52H33NO2/c1-2-11-34(12-3-1)35-21-27-38(28-22-35)53(39-29-23-36(24-30-39)41-17-10-18-45-43-14-6-8-19-48(43)55-52(41)45)40-31-25-37(26-32-40)47-33-50-51(44-15-5-4-13-42(44)47)46-16-7-9-20-49(46)54-50/h1-33H. The summed E-state index contributed by atoms with van der Waals surface area (Å²) in [6.45, 7) is 0. The Hall–Kier alpha value is -7.36. The lowest BCUT2D eigenvalue weighted by molar-refractivity contribution is 0.669. The van der Waals surface area contributed by atoms with Gasteiger partial charge >= 0.3 is 0 Å². The number of nitrogens with zero attached hydrogens (tertiary/aromatic N) is 1.